The number of aromatic nitrogens is 1. The van der Waals surface area contributed by atoms with Crippen molar-refractivity contribution in [2.24, 2.45) is 0 Å². The van der Waals surface area contributed by atoms with Gasteiger partial charge in [0, 0.05) is 26.2 Å². The number of carbonyl (C=O) groups is 1. The predicted octanol–water partition coefficient (Wildman–Crippen LogP) is 1.69. The fourth-order valence-corrected chi connectivity index (χ4v) is 1.80. The van der Waals surface area contributed by atoms with Crippen molar-refractivity contribution in [1.82, 2.24) is 10.3 Å². The highest BCUT2D eigenvalue weighted by molar-refractivity contribution is 6.29. The molecule has 0 aromatic carbocycles. The Morgan fingerprint density at radius 3 is 2.79 bits per heavy atom. The van der Waals surface area contributed by atoms with Crippen molar-refractivity contribution in [3.05, 3.63) is 22.8 Å². The van der Waals surface area contributed by atoms with Crippen LogP contribution in [0.5, 0.6) is 0 Å². The van der Waals surface area contributed by atoms with E-state index in [1.807, 2.05) is 21.0 Å². The Bertz CT molecular complexity index is 438. The molecule has 0 aliphatic rings. The number of aliphatic hydroxyl groups is 1. The summed E-state index contributed by atoms with van der Waals surface area (Å²) in [4.78, 5) is 17.8. The van der Waals surface area contributed by atoms with Crippen LogP contribution in [0.4, 0.5) is 5.82 Å². The third kappa shape index (κ3) is 5.04. The second-order valence-electron chi connectivity index (χ2n) is 4.58. The standard InChI is InChI=1S/C13H20ClN3O2/c1-4-5-10(18)8-15-13(19)9-6-11(14)16-12(7-9)17(2)3/h6-7,10,18H,4-5,8H2,1-3H3,(H,15,19). The van der Waals surface area contributed by atoms with Crippen molar-refractivity contribution < 1.29 is 9.90 Å². The normalized spacial score (nSPS) is 12.1. The summed E-state index contributed by atoms with van der Waals surface area (Å²) in [5.74, 6) is 0.356. The quantitative estimate of drug-likeness (QED) is 0.781. The highest BCUT2D eigenvalue weighted by atomic mass is 35.5. The molecular formula is C13H20ClN3O2. The largest absolute Gasteiger partial charge is 0.391 e. The number of pyridine rings is 1. The molecule has 6 heteroatoms. The molecule has 19 heavy (non-hydrogen) atoms. The van der Waals surface area contributed by atoms with Crippen LogP contribution in [0.1, 0.15) is 30.1 Å². The lowest BCUT2D eigenvalue weighted by Crippen LogP contribution is -2.32. The number of halogens is 1. The fourth-order valence-electron chi connectivity index (χ4n) is 1.59. The third-order valence-corrected chi connectivity index (χ3v) is 2.81. The molecule has 1 heterocycles. The van der Waals surface area contributed by atoms with Crippen LogP contribution in [-0.4, -0.2) is 42.7 Å². The Balaban J connectivity index is 2.71. The van der Waals surface area contributed by atoms with Gasteiger partial charge in [0.15, 0.2) is 0 Å². The summed E-state index contributed by atoms with van der Waals surface area (Å²) in [5, 5.41) is 12.5. The number of carbonyl (C=O) groups excluding carboxylic acids is 1. The zero-order valence-corrected chi connectivity index (χ0v) is 12.2. The lowest BCUT2D eigenvalue weighted by Gasteiger charge is -2.14. The summed E-state index contributed by atoms with van der Waals surface area (Å²) in [7, 11) is 3.65. The van der Waals surface area contributed by atoms with Gasteiger partial charge in [0.05, 0.1) is 6.10 Å². The van der Waals surface area contributed by atoms with Crippen LogP contribution in [0.25, 0.3) is 0 Å². The van der Waals surface area contributed by atoms with Crippen molar-refractivity contribution in [1.29, 1.82) is 0 Å². The van der Waals surface area contributed by atoms with E-state index in [1.54, 1.807) is 11.0 Å². The molecule has 0 aliphatic carbocycles. The van der Waals surface area contributed by atoms with E-state index < -0.39 is 6.10 Å². The van der Waals surface area contributed by atoms with E-state index in [9.17, 15) is 9.90 Å². The van der Waals surface area contributed by atoms with Gasteiger partial charge in [-0.1, -0.05) is 24.9 Å². The monoisotopic (exact) mass is 285 g/mol. The molecule has 0 spiro atoms. The van der Waals surface area contributed by atoms with Gasteiger partial charge in [-0.15, -0.1) is 0 Å². The molecule has 1 unspecified atom stereocenters. The Hall–Kier alpha value is -1.33. The third-order valence-electron chi connectivity index (χ3n) is 2.62. The first kappa shape index (κ1) is 15.7. The topological polar surface area (TPSA) is 65.5 Å². The van der Waals surface area contributed by atoms with Gasteiger partial charge in [-0.3, -0.25) is 4.79 Å². The lowest BCUT2D eigenvalue weighted by molar-refractivity contribution is 0.0910. The molecule has 1 rings (SSSR count). The average molecular weight is 286 g/mol. The maximum absolute atomic E-state index is 12.0. The molecule has 1 aromatic heterocycles. The average Bonchev–Trinajstić information content (AvgIpc) is 2.35. The molecule has 0 radical (unpaired) electrons. The molecule has 0 bridgehead atoms. The molecule has 5 nitrogen and oxygen atoms in total. The minimum Gasteiger partial charge on any atom is -0.391 e. The van der Waals surface area contributed by atoms with Crippen molar-refractivity contribution in [3.63, 3.8) is 0 Å². The number of rotatable bonds is 6. The number of nitrogens with one attached hydrogen (secondary N) is 1. The van der Waals surface area contributed by atoms with Gasteiger partial charge in [-0.05, 0) is 18.6 Å². The smallest absolute Gasteiger partial charge is 0.251 e. The van der Waals surface area contributed by atoms with Crippen LogP contribution in [-0.2, 0) is 0 Å². The van der Waals surface area contributed by atoms with Crippen molar-refractivity contribution in [3.8, 4) is 0 Å². The van der Waals surface area contributed by atoms with E-state index in [0.29, 0.717) is 17.8 Å². The number of hydrogen-bond donors (Lipinski definition) is 2. The van der Waals surface area contributed by atoms with Crippen LogP contribution in [0, 0.1) is 0 Å². The molecule has 0 fully saturated rings. The van der Waals surface area contributed by atoms with Gasteiger partial charge in [0.1, 0.15) is 11.0 Å². The maximum Gasteiger partial charge on any atom is 0.251 e. The summed E-state index contributed by atoms with van der Waals surface area (Å²) in [6, 6.07) is 3.17. The van der Waals surface area contributed by atoms with Gasteiger partial charge in [-0.25, -0.2) is 4.98 Å². The van der Waals surface area contributed by atoms with Crippen LogP contribution >= 0.6 is 11.6 Å². The van der Waals surface area contributed by atoms with Crippen LogP contribution in [0.2, 0.25) is 5.15 Å². The van der Waals surface area contributed by atoms with Gasteiger partial charge >= 0.3 is 0 Å². The Labute approximate surface area is 118 Å². The zero-order chi connectivity index (χ0) is 14.4. The van der Waals surface area contributed by atoms with Crippen molar-refractivity contribution in [2.45, 2.75) is 25.9 Å². The van der Waals surface area contributed by atoms with E-state index in [1.165, 1.54) is 6.07 Å². The summed E-state index contributed by atoms with van der Waals surface area (Å²) >= 11 is 5.88. The number of nitrogens with zero attached hydrogens (tertiary/aromatic N) is 2. The number of aliphatic hydroxyl groups excluding tert-OH is 1. The second-order valence-corrected chi connectivity index (χ2v) is 4.97. The first-order valence-corrected chi connectivity index (χ1v) is 6.63. The van der Waals surface area contributed by atoms with E-state index in [-0.39, 0.29) is 17.6 Å². The first-order chi connectivity index (χ1) is 8.93. The summed E-state index contributed by atoms with van der Waals surface area (Å²) in [6.45, 7) is 2.22. The SMILES string of the molecule is CCCC(O)CNC(=O)c1cc(Cl)nc(N(C)C)c1. The summed E-state index contributed by atoms with van der Waals surface area (Å²) < 4.78 is 0. The molecule has 1 aromatic rings. The highest BCUT2D eigenvalue weighted by Crippen LogP contribution is 2.16. The van der Waals surface area contributed by atoms with E-state index in [2.05, 4.69) is 10.3 Å². The van der Waals surface area contributed by atoms with E-state index in [4.69, 9.17) is 11.6 Å². The van der Waals surface area contributed by atoms with Crippen LogP contribution < -0.4 is 10.2 Å². The van der Waals surface area contributed by atoms with E-state index >= 15 is 0 Å². The molecule has 0 aliphatic heterocycles. The fraction of sp³-hybridized carbons (Fsp3) is 0.538. The number of amides is 1. The lowest BCUT2D eigenvalue weighted by atomic mass is 10.2. The first-order valence-electron chi connectivity index (χ1n) is 6.25. The van der Waals surface area contributed by atoms with Gasteiger partial charge in [0.2, 0.25) is 0 Å². The zero-order valence-electron chi connectivity index (χ0n) is 11.5. The molecular weight excluding hydrogens is 266 g/mol. The minimum absolute atomic E-state index is 0.240. The van der Waals surface area contributed by atoms with Crippen LogP contribution in [0.15, 0.2) is 12.1 Å². The minimum atomic E-state index is -0.514. The highest BCUT2D eigenvalue weighted by Gasteiger charge is 2.11. The summed E-state index contributed by atoms with van der Waals surface area (Å²) in [5.41, 5.74) is 0.437. The van der Waals surface area contributed by atoms with E-state index in [0.717, 1.165) is 6.42 Å². The van der Waals surface area contributed by atoms with Crippen molar-refractivity contribution in [2.75, 3.05) is 25.5 Å². The van der Waals surface area contributed by atoms with Gasteiger partial charge in [-0.2, -0.15) is 0 Å². The summed E-state index contributed by atoms with van der Waals surface area (Å²) in [6.07, 6.45) is 1.03. The number of anilines is 1. The van der Waals surface area contributed by atoms with Crippen molar-refractivity contribution >= 4 is 23.3 Å². The maximum atomic E-state index is 12.0. The molecule has 1 atom stereocenters. The molecule has 2 N–H and O–H groups in total. The molecule has 106 valence electrons. The Kier molecular flexibility index (Phi) is 6.05. The molecule has 1 amide bonds. The Morgan fingerprint density at radius 1 is 1.53 bits per heavy atom. The van der Waals surface area contributed by atoms with Gasteiger partial charge < -0.3 is 15.3 Å². The Morgan fingerprint density at radius 2 is 2.21 bits per heavy atom. The predicted molar refractivity (Wildman–Crippen MR) is 76.8 cm³/mol. The van der Waals surface area contributed by atoms with Crippen LogP contribution in [0.3, 0.4) is 0 Å². The number of hydrogen-bond acceptors (Lipinski definition) is 4. The van der Waals surface area contributed by atoms with Gasteiger partial charge in [0.25, 0.3) is 5.91 Å². The molecule has 0 saturated heterocycles. The second kappa shape index (κ2) is 7.31. The molecule has 0 saturated carbocycles.